The second kappa shape index (κ2) is 8.34. The van der Waals surface area contributed by atoms with Crippen LogP contribution in [-0.4, -0.2) is 36.5 Å². The van der Waals surface area contributed by atoms with E-state index in [0.717, 1.165) is 39.6 Å². The maximum absolute atomic E-state index is 6.43. The number of hydrogen-bond donors (Lipinski definition) is 0. The summed E-state index contributed by atoms with van der Waals surface area (Å²) >= 11 is 0. The van der Waals surface area contributed by atoms with Crippen LogP contribution in [0.25, 0.3) is 11.3 Å². The largest absolute Gasteiger partial charge is 0.497 e. The van der Waals surface area contributed by atoms with Gasteiger partial charge in [-0.3, -0.25) is 0 Å². The van der Waals surface area contributed by atoms with Crippen molar-refractivity contribution in [3.8, 4) is 23.2 Å². The lowest BCUT2D eigenvalue weighted by Crippen LogP contribution is -2.15. The van der Waals surface area contributed by atoms with Crippen LogP contribution >= 0.6 is 0 Å². The highest BCUT2D eigenvalue weighted by Crippen LogP contribution is 2.49. The molecule has 182 valence electrons. The predicted octanol–water partition coefficient (Wildman–Crippen LogP) is 5.10. The second-order valence-electron chi connectivity index (χ2n) is 8.89. The van der Waals surface area contributed by atoms with Crippen LogP contribution in [0.5, 0.6) is 17.5 Å². The maximum Gasteiger partial charge on any atom is 0.230 e. The zero-order valence-electron chi connectivity index (χ0n) is 20.2. The summed E-state index contributed by atoms with van der Waals surface area (Å²) in [5.41, 5.74) is 5.21. The van der Waals surface area contributed by atoms with Gasteiger partial charge in [0.15, 0.2) is 11.5 Å². The Morgan fingerprint density at radius 1 is 0.946 bits per heavy atom. The lowest BCUT2D eigenvalue weighted by molar-refractivity contribution is 0.392. The topological polar surface area (TPSA) is 92.5 Å². The number of aryl methyl sites for hydroxylation is 1. The molecule has 6 aromatic rings. The molecule has 0 saturated carbocycles. The highest BCUT2D eigenvalue weighted by atomic mass is 16.5. The van der Waals surface area contributed by atoms with Crippen molar-refractivity contribution in [2.24, 2.45) is 0 Å². The van der Waals surface area contributed by atoms with Crippen LogP contribution in [0.3, 0.4) is 0 Å². The standard InChI is InChI=1S/C28H22N6O3/c1-17-23-24(21-9-6-14-36-21)25-26-30-22(15-18-10-12-20(35-2)13-11-18)32-33(26)16-29-27(25)37-28(23)34(31-17)19-7-4-3-5-8-19/h3-14,16,24H,15H2,1-2H3/t24-/m0/s1. The molecule has 0 amide bonds. The Hall–Kier alpha value is -4.92. The van der Waals surface area contributed by atoms with Gasteiger partial charge in [-0.05, 0) is 48.9 Å². The fourth-order valence-corrected chi connectivity index (χ4v) is 4.91. The molecule has 0 fully saturated rings. The van der Waals surface area contributed by atoms with Gasteiger partial charge in [0.25, 0.3) is 0 Å². The molecular weight excluding hydrogens is 468 g/mol. The number of fused-ring (bicyclic) bond motifs is 4. The van der Waals surface area contributed by atoms with E-state index in [1.54, 1.807) is 24.2 Å². The molecule has 0 N–H and O–H groups in total. The Morgan fingerprint density at radius 2 is 1.78 bits per heavy atom. The van der Waals surface area contributed by atoms with Crippen LogP contribution in [0.15, 0.2) is 83.7 Å². The first-order valence-corrected chi connectivity index (χ1v) is 11.9. The van der Waals surface area contributed by atoms with Crippen molar-refractivity contribution in [3.05, 3.63) is 113 Å². The molecule has 2 aromatic carbocycles. The zero-order valence-corrected chi connectivity index (χ0v) is 20.2. The van der Waals surface area contributed by atoms with Gasteiger partial charge in [0, 0.05) is 6.42 Å². The summed E-state index contributed by atoms with van der Waals surface area (Å²) in [7, 11) is 1.66. The average Bonchev–Trinajstić information content (AvgIpc) is 3.68. The molecule has 0 radical (unpaired) electrons. The molecule has 1 aliphatic rings. The van der Waals surface area contributed by atoms with Crippen molar-refractivity contribution >= 4 is 5.65 Å². The molecule has 0 bridgehead atoms. The van der Waals surface area contributed by atoms with Crippen LogP contribution in [0.1, 0.15) is 39.9 Å². The lowest BCUT2D eigenvalue weighted by atomic mass is 9.88. The lowest BCUT2D eigenvalue weighted by Gasteiger charge is -2.24. The van der Waals surface area contributed by atoms with Crippen LogP contribution in [0.4, 0.5) is 0 Å². The summed E-state index contributed by atoms with van der Waals surface area (Å²) in [5, 5.41) is 9.54. The molecule has 4 aromatic heterocycles. The van der Waals surface area contributed by atoms with Gasteiger partial charge >= 0.3 is 0 Å². The summed E-state index contributed by atoms with van der Waals surface area (Å²) < 4.78 is 21.2. The third-order valence-corrected chi connectivity index (χ3v) is 6.61. The Labute approximate surface area is 211 Å². The first-order valence-electron chi connectivity index (χ1n) is 11.9. The molecule has 9 heteroatoms. The van der Waals surface area contributed by atoms with E-state index in [9.17, 15) is 0 Å². The molecule has 7 rings (SSSR count). The molecule has 0 aliphatic carbocycles. The number of benzene rings is 2. The van der Waals surface area contributed by atoms with Crippen LogP contribution < -0.4 is 9.47 Å². The number of para-hydroxylation sites is 1. The normalized spacial score (nSPS) is 14.3. The minimum absolute atomic E-state index is 0.305. The number of nitrogens with zero attached hydrogens (tertiary/aromatic N) is 6. The Morgan fingerprint density at radius 3 is 2.54 bits per heavy atom. The van der Waals surface area contributed by atoms with Crippen LogP contribution in [-0.2, 0) is 6.42 Å². The van der Waals surface area contributed by atoms with Crippen LogP contribution in [0, 0.1) is 6.92 Å². The minimum atomic E-state index is -0.305. The average molecular weight is 491 g/mol. The van der Waals surface area contributed by atoms with Crippen molar-refractivity contribution in [3.63, 3.8) is 0 Å². The first-order chi connectivity index (χ1) is 18.2. The maximum atomic E-state index is 6.43. The van der Waals surface area contributed by atoms with E-state index in [4.69, 9.17) is 29.1 Å². The summed E-state index contributed by atoms with van der Waals surface area (Å²) in [4.78, 5) is 9.56. The molecule has 0 saturated heterocycles. The summed E-state index contributed by atoms with van der Waals surface area (Å²) in [6.07, 6.45) is 3.88. The van der Waals surface area contributed by atoms with Crippen LogP contribution in [0.2, 0.25) is 0 Å². The molecule has 0 unspecified atom stereocenters. The number of aromatic nitrogens is 6. The first kappa shape index (κ1) is 21.4. The van der Waals surface area contributed by atoms with Gasteiger partial charge in [-0.1, -0.05) is 30.3 Å². The van der Waals surface area contributed by atoms with E-state index in [0.29, 0.717) is 29.7 Å². The van der Waals surface area contributed by atoms with Gasteiger partial charge in [0.2, 0.25) is 11.8 Å². The van der Waals surface area contributed by atoms with Gasteiger partial charge in [-0.2, -0.15) is 5.10 Å². The number of rotatable bonds is 5. The van der Waals surface area contributed by atoms with E-state index in [1.165, 1.54) is 0 Å². The van der Waals surface area contributed by atoms with Crippen molar-refractivity contribution in [1.82, 2.24) is 29.4 Å². The monoisotopic (exact) mass is 490 g/mol. The molecular formula is C28H22N6O3. The van der Waals surface area contributed by atoms with Gasteiger partial charge in [0.05, 0.1) is 41.8 Å². The van der Waals surface area contributed by atoms with E-state index in [1.807, 2.05) is 78.3 Å². The predicted molar refractivity (Wildman–Crippen MR) is 135 cm³/mol. The fourth-order valence-electron chi connectivity index (χ4n) is 4.91. The molecule has 0 spiro atoms. The number of methoxy groups -OCH3 is 1. The zero-order chi connectivity index (χ0) is 24.9. The van der Waals surface area contributed by atoms with Gasteiger partial charge in [-0.15, -0.1) is 5.10 Å². The van der Waals surface area contributed by atoms with Gasteiger partial charge < -0.3 is 13.9 Å². The quantitative estimate of drug-likeness (QED) is 0.332. The number of ether oxygens (including phenoxy) is 2. The minimum Gasteiger partial charge on any atom is -0.497 e. The fraction of sp³-hybridized carbons (Fsp3) is 0.143. The molecule has 1 atom stereocenters. The van der Waals surface area contributed by atoms with E-state index >= 15 is 0 Å². The summed E-state index contributed by atoms with van der Waals surface area (Å²) in [5.74, 6) is 3.03. The Bertz CT molecular complexity index is 1720. The Balaban J connectivity index is 1.38. The van der Waals surface area contributed by atoms with Crippen molar-refractivity contribution < 1.29 is 13.9 Å². The van der Waals surface area contributed by atoms with Crippen molar-refractivity contribution in [2.45, 2.75) is 19.3 Å². The van der Waals surface area contributed by atoms with E-state index in [2.05, 4.69) is 4.98 Å². The number of hydrogen-bond acceptors (Lipinski definition) is 7. The highest BCUT2D eigenvalue weighted by molar-refractivity contribution is 5.65. The van der Waals surface area contributed by atoms with Crippen molar-refractivity contribution in [1.29, 1.82) is 0 Å². The highest BCUT2D eigenvalue weighted by Gasteiger charge is 2.39. The smallest absolute Gasteiger partial charge is 0.230 e. The Kier molecular flexibility index (Phi) is 4.81. The molecule has 37 heavy (non-hydrogen) atoms. The van der Waals surface area contributed by atoms with Gasteiger partial charge in [0.1, 0.15) is 17.8 Å². The van der Waals surface area contributed by atoms with E-state index < -0.39 is 0 Å². The molecule has 9 nitrogen and oxygen atoms in total. The molecule has 1 aliphatic heterocycles. The number of furan rings is 1. The SMILES string of the molecule is COc1ccc(Cc2nc3c4c(ncn3n2)Oc2c(c(C)nn2-c2ccccc2)[C@@H]4c2ccco2)cc1. The summed E-state index contributed by atoms with van der Waals surface area (Å²) in [6.45, 7) is 1.98. The van der Waals surface area contributed by atoms with Gasteiger partial charge in [-0.25, -0.2) is 19.2 Å². The third-order valence-electron chi connectivity index (χ3n) is 6.61. The molecule has 5 heterocycles. The summed E-state index contributed by atoms with van der Waals surface area (Å²) in [6, 6.07) is 21.6. The van der Waals surface area contributed by atoms with Crippen molar-refractivity contribution in [2.75, 3.05) is 7.11 Å². The third kappa shape index (κ3) is 3.47. The van der Waals surface area contributed by atoms with E-state index in [-0.39, 0.29) is 5.92 Å². The second-order valence-corrected chi connectivity index (χ2v) is 8.89.